The third-order valence-corrected chi connectivity index (χ3v) is 4.61. The molecule has 0 bridgehead atoms. The number of Topliss-reactive ketones (excluding diaryl/α,β-unsaturated/α-hetero) is 1. The molecule has 0 unspecified atom stereocenters. The van der Waals surface area contributed by atoms with E-state index in [0.717, 1.165) is 50.8 Å². The van der Waals surface area contributed by atoms with Crippen LogP contribution in [0, 0.1) is 5.92 Å². The lowest BCUT2D eigenvalue weighted by molar-refractivity contribution is -0.122. The summed E-state index contributed by atoms with van der Waals surface area (Å²) in [6.45, 7) is 0. The van der Waals surface area contributed by atoms with Crippen molar-refractivity contribution >= 4 is 5.78 Å². The van der Waals surface area contributed by atoms with E-state index in [0.29, 0.717) is 18.1 Å². The van der Waals surface area contributed by atoms with E-state index in [9.17, 15) is 4.79 Å². The minimum Gasteiger partial charge on any atom is -0.346 e. The highest BCUT2D eigenvalue weighted by molar-refractivity contribution is 5.81. The largest absolute Gasteiger partial charge is 0.346 e. The second-order valence-corrected chi connectivity index (χ2v) is 6.11. The predicted molar refractivity (Wildman–Crippen MR) is 79.7 cm³/mol. The number of ketones is 1. The van der Waals surface area contributed by atoms with Crippen molar-refractivity contribution in [3.8, 4) is 0 Å². The smallest absolute Gasteiger partial charge is 0.136 e. The van der Waals surface area contributed by atoms with Gasteiger partial charge >= 0.3 is 0 Å². The Kier molecular flexibility index (Phi) is 4.34. The molecular formula is C17H24N2O. The molecule has 2 aliphatic carbocycles. The van der Waals surface area contributed by atoms with Gasteiger partial charge in [0.15, 0.2) is 0 Å². The molecule has 0 amide bonds. The maximum Gasteiger partial charge on any atom is 0.136 e. The highest BCUT2D eigenvalue weighted by Crippen LogP contribution is 2.26. The monoisotopic (exact) mass is 272 g/mol. The molecular weight excluding hydrogens is 248 g/mol. The average molecular weight is 272 g/mol. The van der Waals surface area contributed by atoms with Crippen LogP contribution >= 0.6 is 0 Å². The average Bonchev–Trinajstić information content (AvgIpc) is 3.06. The number of allylic oxidation sites excluding steroid dienone is 2. The number of carbonyl (C=O) groups excluding carboxylic acids is 1. The van der Waals surface area contributed by atoms with Crippen LogP contribution in [-0.4, -0.2) is 15.8 Å². The molecule has 20 heavy (non-hydrogen) atoms. The van der Waals surface area contributed by atoms with E-state index in [-0.39, 0.29) is 0 Å². The molecule has 1 aromatic heterocycles. The van der Waals surface area contributed by atoms with Gasteiger partial charge in [0.25, 0.3) is 0 Å². The number of nitrogens with one attached hydrogen (secondary N) is 1. The summed E-state index contributed by atoms with van der Waals surface area (Å²) in [4.78, 5) is 20.3. The Labute approximate surface area is 120 Å². The number of carbonyl (C=O) groups is 1. The lowest BCUT2D eigenvalue weighted by Gasteiger charge is -2.06. The Balaban J connectivity index is 1.57. The SMILES string of the molecule is O=C(CCc1nc2c([nH]1)CC/C=C/CC2)C1CCCC1. The highest BCUT2D eigenvalue weighted by Gasteiger charge is 2.22. The van der Waals surface area contributed by atoms with E-state index < -0.39 is 0 Å². The van der Waals surface area contributed by atoms with Crippen molar-refractivity contribution < 1.29 is 4.79 Å². The molecule has 108 valence electrons. The van der Waals surface area contributed by atoms with Gasteiger partial charge in [-0.15, -0.1) is 0 Å². The Hall–Kier alpha value is -1.38. The minimum atomic E-state index is 0.343. The number of H-pyrrole nitrogens is 1. The number of hydrogen-bond donors (Lipinski definition) is 1. The van der Waals surface area contributed by atoms with Crippen molar-refractivity contribution in [1.29, 1.82) is 0 Å². The molecule has 0 atom stereocenters. The van der Waals surface area contributed by atoms with Gasteiger partial charge in [0.2, 0.25) is 0 Å². The van der Waals surface area contributed by atoms with Gasteiger partial charge in [-0.05, 0) is 38.5 Å². The zero-order valence-electron chi connectivity index (χ0n) is 12.2. The van der Waals surface area contributed by atoms with Gasteiger partial charge in [0.05, 0.1) is 5.69 Å². The van der Waals surface area contributed by atoms with E-state index >= 15 is 0 Å². The predicted octanol–water partition coefficient (Wildman–Crippen LogP) is 3.54. The fraction of sp³-hybridized carbons (Fsp3) is 0.647. The van der Waals surface area contributed by atoms with E-state index in [1.807, 2.05) is 0 Å². The molecule has 1 fully saturated rings. The molecule has 0 radical (unpaired) electrons. The van der Waals surface area contributed by atoms with Crippen LogP contribution in [0.3, 0.4) is 0 Å². The van der Waals surface area contributed by atoms with Crippen LogP contribution < -0.4 is 0 Å². The first-order chi connectivity index (χ1) is 9.83. The first kappa shape index (κ1) is 13.6. The lowest BCUT2D eigenvalue weighted by Crippen LogP contribution is -2.11. The number of fused-ring (bicyclic) bond motifs is 1. The standard InChI is InChI=1S/C17H24N2O/c20-16(13-7-5-6-8-13)11-12-17-18-14-9-3-1-2-4-10-15(14)19-17/h1-2,13H,3-12H2,(H,18,19)/b2-1+. The van der Waals surface area contributed by atoms with Crippen LogP contribution in [0.2, 0.25) is 0 Å². The molecule has 1 aromatic rings. The summed E-state index contributed by atoms with van der Waals surface area (Å²) in [5.41, 5.74) is 2.51. The van der Waals surface area contributed by atoms with E-state index in [4.69, 9.17) is 4.98 Å². The lowest BCUT2D eigenvalue weighted by atomic mass is 9.99. The molecule has 3 heteroatoms. The van der Waals surface area contributed by atoms with E-state index in [2.05, 4.69) is 17.1 Å². The fourth-order valence-electron chi connectivity index (χ4n) is 3.41. The number of rotatable bonds is 4. The minimum absolute atomic E-state index is 0.343. The zero-order valence-corrected chi connectivity index (χ0v) is 12.2. The topological polar surface area (TPSA) is 45.8 Å². The van der Waals surface area contributed by atoms with Gasteiger partial charge in [-0.2, -0.15) is 0 Å². The number of nitrogens with zero attached hydrogens (tertiary/aromatic N) is 1. The van der Waals surface area contributed by atoms with Gasteiger partial charge in [-0.1, -0.05) is 25.0 Å². The third kappa shape index (κ3) is 3.20. The summed E-state index contributed by atoms with van der Waals surface area (Å²) in [7, 11) is 0. The van der Waals surface area contributed by atoms with Gasteiger partial charge in [-0.25, -0.2) is 4.98 Å². The van der Waals surface area contributed by atoms with Crippen LogP contribution in [-0.2, 0) is 24.1 Å². The highest BCUT2D eigenvalue weighted by atomic mass is 16.1. The van der Waals surface area contributed by atoms with Crippen LogP contribution in [0.5, 0.6) is 0 Å². The van der Waals surface area contributed by atoms with Crippen LogP contribution in [0.25, 0.3) is 0 Å². The Morgan fingerprint density at radius 3 is 2.75 bits per heavy atom. The van der Waals surface area contributed by atoms with Crippen LogP contribution in [0.1, 0.15) is 62.2 Å². The first-order valence-corrected chi connectivity index (χ1v) is 8.07. The summed E-state index contributed by atoms with van der Waals surface area (Å²) < 4.78 is 0. The summed E-state index contributed by atoms with van der Waals surface area (Å²) in [5.74, 6) is 1.81. The fourth-order valence-corrected chi connectivity index (χ4v) is 3.41. The van der Waals surface area contributed by atoms with E-state index in [1.165, 1.54) is 24.2 Å². The van der Waals surface area contributed by atoms with Crippen molar-refractivity contribution in [2.24, 2.45) is 5.92 Å². The second-order valence-electron chi connectivity index (χ2n) is 6.11. The Morgan fingerprint density at radius 2 is 1.95 bits per heavy atom. The van der Waals surface area contributed by atoms with Crippen molar-refractivity contribution in [2.45, 2.75) is 64.2 Å². The number of hydrogen-bond acceptors (Lipinski definition) is 2. The maximum atomic E-state index is 12.1. The molecule has 1 saturated carbocycles. The third-order valence-electron chi connectivity index (χ3n) is 4.61. The van der Waals surface area contributed by atoms with Crippen molar-refractivity contribution in [3.63, 3.8) is 0 Å². The van der Waals surface area contributed by atoms with Crippen LogP contribution in [0.15, 0.2) is 12.2 Å². The molecule has 3 rings (SSSR count). The van der Waals surface area contributed by atoms with Crippen molar-refractivity contribution in [2.75, 3.05) is 0 Å². The number of imidazole rings is 1. The Morgan fingerprint density at radius 1 is 1.20 bits per heavy atom. The molecule has 1 N–H and O–H groups in total. The first-order valence-electron chi connectivity index (χ1n) is 8.07. The molecule has 2 aliphatic rings. The zero-order chi connectivity index (χ0) is 13.8. The van der Waals surface area contributed by atoms with Gasteiger partial charge in [-0.3, -0.25) is 4.79 Å². The van der Waals surface area contributed by atoms with Crippen molar-refractivity contribution in [1.82, 2.24) is 9.97 Å². The summed E-state index contributed by atoms with van der Waals surface area (Å²) >= 11 is 0. The summed E-state index contributed by atoms with van der Waals surface area (Å²) in [6.07, 6.45) is 14.9. The molecule has 0 saturated heterocycles. The summed E-state index contributed by atoms with van der Waals surface area (Å²) in [6, 6.07) is 0. The quantitative estimate of drug-likeness (QED) is 0.852. The summed E-state index contributed by atoms with van der Waals surface area (Å²) in [5, 5.41) is 0. The number of aryl methyl sites for hydroxylation is 3. The molecule has 0 aromatic carbocycles. The number of aromatic amines is 1. The maximum absolute atomic E-state index is 12.1. The van der Waals surface area contributed by atoms with Crippen molar-refractivity contribution in [3.05, 3.63) is 29.4 Å². The van der Waals surface area contributed by atoms with E-state index in [1.54, 1.807) is 0 Å². The van der Waals surface area contributed by atoms with Gasteiger partial charge < -0.3 is 4.98 Å². The van der Waals surface area contributed by atoms with Gasteiger partial charge in [0.1, 0.15) is 11.6 Å². The van der Waals surface area contributed by atoms with Crippen LogP contribution in [0.4, 0.5) is 0 Å². The molecule has 3 nitrogen and oxygen atoms in total. The van der Waals surface area contributed by atoms with Gasteiger partial charge in [0, 0.05) is 24.5 Å². The molecule has 0 spiro atoms. The number of aromatic nitrogens is 2. The normalized spacial score (nSPS) is 21.2. The molecule has 1 heterocycles. The second kappa shape index (κ2) is 6.38. The Bertz CT molecular complexity index is 468. The molecule has 0 aliphatic heterocycles.